The first kappa shape index (κ1) is 12.4. The molecule has 1 aromatic carbocycles. The molecule has 0 saturated carbocycles. The van der Waals surface area contributed by atoms with E-state index in [1.807, 2.05) is 67.6 Å². The molecule has 0 spiro atoms. The van der Waals surface area contributed by atoms with Crippen LogP contribution < -0.4 is 0 Å². The highest BCUT2D eigenvalue weighted by Gasteiger charge is 2.19. The van der Waals surface area contributed by atoms with E-state index in [9.17, 15) is 4.79 Å². The van der Waals surface area contributed by atoms with Crippen LogP contribution in [0.1, 0.15) is 12.5 Å². The maximum Gasteiger partial charge on any atom is 0.334 e. The largest absolute Gasteiger partial charge is 0.463 e. The molecule has 0 radical (unpaired) electrons. The molecule has 2 heteroatoms. The Kier molecular flexibility index (Phi) is 4.13. The monoisotopic (exact) mass is 240 g/mol. The highest BCUT2D eigenvalue weighted by Crippen LogP contribution is 2.23. The van der Waals surface area contributed by atoms with Gasteiger partial charge < -0.3 is 4.74 Å². The third-order valence-corrected chi connectivity index (χ3v) is 2.74. The van der Waals surface area contributed by atoms with E-state index in [2.05, 4.69) is 0 Å². The van der Waals surface area contributed by atoms with Crippen molar-refractivity contribution in [1.82, 2.24) is 0 Å². The summed E-state index contributed by atoms with van der Waals surface area (Å²) < 4.78 is 5.11. The van der Waals surface area contributed by atoms with Crippen LogP contribution in [0, 0.1) is 5.92 Å². The molecule has 1 aromatic rings. The first-order valence-corrected chi connectivity index (χ1v) is 6.10. The fraction of sp³-hybridized carbons (Fsp3) is 0.188. The summed E-state index contributed by atoms with van der Waals surface area (Å²) >= 11 is 0. The van der Waals surface area contributed by atoms with E-state index in [4.69, 9.17) is 4.74 Å². The number of carbonyl (C=O) groups is 1. The van der Waals surface area contributed by atoms with Crippen LogP contribution >= 0.6 is 0 Å². The summed E-state index contributed by atoms with van der Waals surface area (Å²) in [6.45, 7) is 2.21. The molecule has 0 fully saturated rings. The highest BCUT2D eigenvalue weighted by atomic mass is 16.5. The summed E-state index contributed by atoms with van der Waals surface area (Å²) in [6, 6.07) is 9.81. The zero-order valence-electron chi connectivity index (χ0n) is 10.4. The lowest BCUT2D eigenvalue weighted by molar-refractivity contribution is -0.138. The second-order valence-electron chi connectivity index (χ2n) is 4.03. The van der Waals surface area contributed by atoms with E-state index < -0.39 is 0 Å². The molecule has 0 N–H and O–H groups in total. The molecule has 0 aromatic heterocycles. The molecule has 92 valence electrons. The van der Waals surface area contributed by atoms with Gasteiger partial charge in [-0.2, -0.15) is 0 Å². The van der Waals surface area contributed by atoms with Crippen LogP contribution in [-0.2, 0) is 9.53 Å². The van der Waals surface area contributed by atoms with Crippen LogP contribution in [-0.4, -0.2) is 12.6 Å². The SMILES string of the molecule is CCOC(=O)/C(=C\c1ccccc1)C1C=CC=C1. The predicted molar refractivity (Wildman–Crippen MR) is 72.8 cm³/mol. The molecular formula is C16H16O2. The Hall–Kier alpha value is -2.09. The fourth-order valence-corrected chi connectivity index (χ4v) is 1.87. The Morgan fingerprint density at radius 1 is 1.22 bits per heavy atom. The van der Waals surface area contributed by atoms with Gasteiger partial charge in [-0.3, -0.25) is 0 Å². The molecule has 2 rings (SSSR count). The molecule has 0 unspecified atom stereocenters. The zero-order valence-corrected chi connectivity index (χ0v) is 10.4. The van der Waals surface area contributed by atoms with E-state index in [0.717, 1.165) is 5.56 Å². The van der Waals surface area contributed by atoms with Crippen LogP contribution in [0.4, 0.5) is 0 Å². The smallest absolute Gasteiger partial charge is 0.334 e. The van der Waals surface area contributed by atoms with E-state index >= 15 is 0 Å². The van der Waals surface area contributed by atoms with Crippen LogP contribution in [0.25, 0.3) is 6.08 Å². The predicted octanol–water partition coefficient (Wildman–Crippen LogP) is 3.38. The summed E-state index contributed by atoms with van der Waals surface area (Å²) in [5.41, 5.74) is 1.68. The van der Waals surface area contributed by atoms with E-state index in [0.29, 0.717) is 12.2 Å². The van der Waals surface area contributed by atoms with Crippen LogP contribution in [0.3, 0.4) is 0 Å². The molecule has 1 aliphatic carbocycles. The summed E-state index contributed by atoms with van der Waals surface area (Å²) in [4.78, 5) is 12.0. The highest BCUT2D eigenvalue weighted by molar-refractivity contribution is 5.95. The maximum atomic E-state index is 12.0. The van der Waals surface area contributed by atoms with E-state index in [1.165, 1.54) is 0 Å². The molecule has 0 aliphatic heterocycles. The Bertz CT molecular complexity index is 483. The minimum Gasteiger partial charge on any atom is -0.463 e. The second-order valence-corrected chi connectivity index (χ2v) is 4.03. The number of hydrogen-bond donors (Lipinski definition) is 0. The number of allylic oxidation sites excluding steroid dienone is 4. The quantitative estimate of drug-likeness (QED) is 0.595. The van der Waals surface area contributed by atoms with Crippen molar-refractivity contribution in [1.29, 1.82) is 0 Å². The maximum absolute atomic E-state index is 12.0. The molecule has 0 heterocycles. The van der Waals surface area contributed by atoms with Gasteiger partial charge in [0.25, 0.3) is 0 Å². The van der Waals surface area contributed by atoms with Gasteiger partial charge in [-0.25, -0.2) is 4.79 Å². The summed E-state index contributed by atoms with van der Waals surface area (Å²) in [5, 5.41) is 0. The number of carbonyl (C=O) groups excluding carboxylic acids is 1. The average molecular weight is 240 g/mol. The molecule has 0 amide bonds. The number of hydrogen-bond acceptors (Lipinski definition) is 2. The van der Waals surface area contributed by atoms with Crippen molar-refractivity contribution in [3.05, 3.63) is 65.8 Å². The minimum absolute atomic E-state index is 0.0178. The van der Waals surface area contributed by atoms with Gasteiger partial charge in [0.05, 0.1) is 6.61 Å². The summed E-state index contributed by atoms with van der Waals surface area (Å²) in [6.07, 6.45) is 9.77. The van der Waals surface area contributed by atoms with Crippen molar-refractivity contribution >= 4 is 12.0 Å². The van der Waals surface area contributed by atoms with Crippen molar-refractivity contribution in [2.75, 3.05) is 6.61 Å². The lowest BCUT2D eigenvalue weighted by Gasteiger charge is -2.10. The van der Waals surface area contributed by atoms with Crippen molar-refractivity contribution in [2.45, 2.75) is 6.92 Å². The van der Waals surface area contributed by atoms with Gasteiger partial charge in [0.1, 0.15) is 0 Å². The number of rotatable bonds is 4. The van der Waals surface area contributed by atoms with Gasteiger partial charge in [-0.05, 0) is 18.6 Å². The molecule has 2 nitrogen and oxygen atoms in total. The molecule has 18 heavy (non-hydrogen) atoms. The third kappa shape index (κ3) is 2.98. The Morgan fingerprint density at radius 2 is 1.89 bits per heavy atom. The van der Waals surface area contributed by atoms with Gasteiger partial charge in [-0.1, -0.05) is 54.6 Å². The van der Waals surface area contributed by atoms with Crippen molar-refractivity contribution in [3.63, 3.8) is 0 Å². The average Bonchev–Trinajstić information content (AvgIpc) is 2.91. The lowest BCUT2D eigenvalue weighted by Crippen LogP contribution is -2.12. The number of benzene rings is 1. The molecule has 0 saturated heterocycles. The Morgan fingerprint density at radius 3 is 2.50 bits per heavy atom. The summed E-state index contributed by atoms with van der Waals surface area (Å²) in [7, 11) is 0. The second kappa shape index (κ2) is 6.01. The molecule has 1 aliphatic rings. The normalized spacial score (nSPS) is 15.1. The lowest BCUT2D eigenvalue weighted by atomic mass is 9.98. The van der Waals surface area contributed by atoms with Gasteiger partial charge in [0.15, 0.2) is 0 Å². The number of esters is 1. The van der Waals surface area contributed by atoms with E-state index in [1.54, 1.807) is 0 Å². The Labute approximate surface area is 107 Å². The summed E-state index contributed by atoms with van der Waals surface area (Å²) in [5.74, 6) is -0.230. The first-order valence-electron chi connectivity index (χ1n) is 6.10. The van der Waals surface area contributed by atoms with Crippen molar-refractivity contribution in [3.8, 4) is 0 Å². The van der Waals surface area contributed by atoms with Crippen LogP contribution in [0.2, 0.25) is 0 Å². The fourth-order valence-electron chi connectivity index (χ4n) is 1.87. The standard InChI is InChI=1S/C16H16O2/c1-2-18-16(17)15(14-10-6-7-11-14)12-13-8-4-3-5-9-13/h3-12,14H,2H2,1H3/b15-12-. The molecule has 0 atom stereocenters. The molecular weight excluding hydrogens is 224 g/mol. The number of ether oxygens (including phenoxy) is 1. The van der Waals surface area contributed by atoms with Gasteiger partial charge in [0.2, 0.25) is 0 Å². The van der Waals surface area contributed by atoms with Crippen molar-refractivity contribution < 1.29 is 9.53 Å². The van der Waals surface area contributed by atoms with E-state index in [-0.39, 0.29) is 11.9 Å². The van der Waals surface area contributed by atoms with Gasteiger partial charge in [0, 0.05) is 11.5 Å². The van der Waals surface area contributed by atoms with Gasteiger partial charge in [-0.15, -0.1) is 0 Å². The van der Waals surface area contributed by atoms with Crippen molar-refractivity contribution in [2.24, 2.45) is 5.92 Å². The Balaban J connectivity index is 2.30. The third-order valence-electron chi connectivity index (χ3n) is 2.74. The minimum atomic E-state index is -0.248. The first-order chi connectivity index (χ1) is 8.81. The molecule has 0 bridgehead atoms. The zero-order chi connectivity index (χ0) is 12.8. The topological polar surface area (TPSA) is 26.3 Å². The van der Waals surface area contributed by atoms with Crippen LogP contribution in [0.15, 0.2) is 60.2 Å². The van der Waals surface area contributed by atoms with Gasteiger partial charge >= 0.3 is 5.97 Å². The van der Waals surface area contributed by atoms with Crippen LogP contribution in [0.5, 0.6) is 0 Å².